The summed E-state index contributed by atoms with van der Waals surface area (Å²) < 4.78 is 4.92. The topological polar surface area (TPSA) is 64.7 Å². The van der Waals surface area contributed by atoms with E-state index < -0.39 is 5.54 Å². The number of halogens is 2. The Bertz CT molecular complexity index is 282. The number of rotatable bonds is 3. The lowest BCUT2D eigenvalue weighted by atomic mass is 9.85. The molecule has 0 aromatic rings. The second-order valence-corrected chi connectivity index (χ2v) is 3.43. The van der Waals surface area contributed by atoms with E-state index in [9.17, 15) is 4.79 Å². The van der Waals surface area contributed by atoms with E-state index in [4.69, 9.17) is 10.5 Å². The molecule has 0 saturated carbocycles. The molecule has 0 aromatic heterocycles. The SMILES string of the molecule is CCOC(=O)C(C)C1(N)C=CC=NC1.Cl.Cl. The van der Waals surface area contributed by atoms with Gasteiger partial charge in [0.1, 0.15) is 0 Å². The quantitative estimate of drug-likeness (QED) is 0.787. The average molecular weight is 269 g/mol. The van der Waals surface area contributed by atoms with E-state index in [1.54, 1.807) is 26.1 Å². The minimum Gasteiger partial charge on any atom is -0.466 e. The van der Waals surface area contributed by atoms with Crippen LogP contribution in [0.25, 0.3) is 0 Å². The number of hydrogen-bond donors (Lipinski definition) is 1. The number of aliphatic imine (C=N–C) groups is 1. The van der Waals surface area contributed by atoms with Crippen molar-refractivity contribution in [3.8, 4) is 0 Å². The summed E-state index contributed by atoms with van der Waals surface area (Å²) in [5.74, 6) is -0.632. The van der Waals surface area contributed by atoms with Gasteiger partial charge in [-0.15, -0.1) is 24.8 Å². The van der Waals surface area contributed by atoms with Crippen LogP contribution in [-0.4, -0.2) is 30.9 Å². The number of esters is 1. The van der Waals surface area contributed by atoms with Crippen molar-refractivity contribution in [1.29, 1.82) is 0 Å². The molecule has 4 nitrogen and oxygen atoms in total. The lowest BCUT2D eigenvalue weighted by molar-refractivity contribution is -0.149. The van der Waals surface area contributed by atoms with Crippen LogP contribution in [0.4, 0.5) is 0 Å². The first-order valence-corrected chi connectivity index (χ1v) is 4.73. The molecule has 1 aliphatic rings. The summed E-state index contributed by atoms with van der Waals surface area (Å²) in [5, 5.41) is 0. The highest BCUT2D eigenvalue weighted by atomic mass is 35.5. The first-order chi connectivity index (χ1) is 6.60. The maximum Gasteiger partial charge on any atom is 0.310 e. The van der Waals surface area contributed by atoms with E-state index in [-0.39, 0.29) is 36.7 Å². The van der Waals surface area contributed by atoms with Gasteiger partial charge in [-0.2, -0.15) is 0 Å². The highest BCUT2D eigenvalue weighted by Crippen LogP contribution is 2.20. The largest absolute Gasteiger partial charge is 0.466 e. The van der Waals surface area contributed by atoms with Crippen LogP contribution in [0.2, 0.25) is 0 Å². The maximum atomic E-state index is 11.5. The number of dihydropyridines is 1. The van der Waals surface area contributed by atoms with Crippen molar-refractivity contribution in [3.05, 3.63) is 12.2 Å². The monoisotopic (exact) mass is 268 g/mol. The molecule has 0 radical (unpaired) electrons. The van der Waals surface area contributed by atoms with Crippen molar-refractivity contribution in [2.45, 2.75) is 19.4 Å². The Hall–Kier alpha value is -0.580. The fraction of sp³-hybridized carbons (Fsp3) is 0.600. The van der Waals surface area contributed by atoms with Gasteiger partial charge in [0.15, 0.2) is 0 Å². The van der Waals surface area contributed by atoms with Gasteiger partial charge in [-0.05, 0) is 19.9 Å². The fourth-order valence-corrected chi connectivity index (χ4v) is 1.31. The Kier molecular flexibility index (Phi) is 8.52. The summed E-state index contributed by atoms with van der Waals surface area (Å²) in [6.45, 7) is 4.36. The summed E-state index contributed by atoms with van der Waals surface area (Å²) >= 11 is 0. The number of ether oxygens (including phenoxy) is 1. The number of allylic oxidation sites excluding steroid dienone is 1. The van der Waals surface area contributed by atoms with Gasteiger partial charge in [0, 0.05) is 6.21 Å². The predicted molar refractivity (Wildman–Crippen MR) is 69.7 cm³/mol. The Morgan fingerprint density at radius 2 is 2.25 bits per heavy atom. The number of nitrogens with two attached hydrogens (primary N) is 1. The minimum absolute atomic E-state index is 0. The number of carbonyl (C=O) groups excluding carboxylic acids is 1. The van der Waals surface area contributed by atoms with Crippen molar-refractivity contribution in [3.63, 3.8) is 0 Å². The van der Waals surface area contributed by atoms with E-state index in [1.165, 1.54) is 0 Å². The molecule has 1 rings (SSSR count). The van der Waals surface area contributed by atoms with Crippen molar-refractivity contribution in [2.75, 3.05) is 13.2 Å². The summed E-state index contributed by atoms with van der Waals surface area (Å²) in [4.78, 5) is 15.5. The first-order valence-electron chi connectivity index (χ1n) is 4.73. The molecule has 2 atom stereocenters. The minimum atomic E-state index is -0.693. The van der Waals surface area contributed by atoms with E-state index in [2.05, 4.69) is 4.99 Å². The Balaban J connectivity index is 0. The van der Waals surface area contributed by atoms with Crippen LogP contribution in [0.1, 0.15) is 13.8 Å². The molecule has 0 saturated heterocycles. The van der Waals surface area contributed by atoms with Crippen LogP contribution < -0.4 is 5.73 Å². The standard InChI is InChI=1S/C10H16N2O2.2ClH/c1-3-14-9(13)8(2)10(11)5-4-6-12-7-10;;/h4-6,8H,3,7,11H2,1-2H3;2*1H. The molecule has 16 heavy (non-hydrogen) atoms. The van der Waals surface area contributed by atoms with Crippen LogP contribution in [0.15, 0.2) is 17.1 Å². The third-order valence-corrected chi connectivity index (χ3v) is 2.41. The van der Waals surface area contributed by atoms with Crippen molar-refractivity contribution in [1.82, 2.24) is 0 Å². The molecule has 0 fully saturated rings. The van der Waals surface area contributed by atoms with E-state index in [1.807, 2.05) is 6.08 Å². The van der Waals surface area contributed by atoms with Crippen LogP contribution >= 0.6 is 24.8 Å². The number of carbonyl (C=O) groups is 1. The second-order valence-electron chi connectivity index (χ2n) is 3.43. The van der Waals surface area contributed by atoms with Crippen LogP contribution in [-0.2, 0) is 9.53 Å². The molecule has 2 N–H and O–H groups in total. The van der Waals surface area contributed by atoms with Gasteiger partial charge in [-0.3, -0.25) is 9.79 Å². The van der Waals surface area contributed by atoms with E-state index in [0.29, 0.717) is 13.2 Å². The van der Waals surface area contributed by atoms with Crippen molar-refractivity contribution in [2.24, 2.45) is 16.6 Å². The van der Waals surface area contributed by atoms with E-state index in [0.717, 1.165) is 0 Å². The zero-order chi connectivity index (χ0) is 10.6. The van der Waals surface area contributed by atoms with E-state index >= 15 is 0 Å². The summed E-state index contributed by atoms with van der Waals surface area (Å²) in [6, 6.07) is 0. The molecule has 0 spiro atoms. The Labute approximate surface area is 108 Å². The fourth-order valence-electron chi connectivity index (χ4n) is 1.31. The Morgan fingerprint density at radius 1 is 1.62 bits per heavy atom. The average Bonchev–Trinajstić information content (AvgIpc) is 2.18. The number of hydrogen-bond acceptors (Lipinski definition) is 4. The molecule has 0 bridgehead atoms. The van der Waals surface area contributed by atoms with Crippen LogP contribution in [0.3, 0.4) is 0 Å². The molecule has 94 valence electrons. The Morgan fingerprint density at radius 3 is 2.69 bits per heavy atom. The smallest absolute Gasteiger partial charge is 0.310 e. The summed E-state index contributed by atoms with van der Waals surface area (Å²) in [7, 11) is 0. The highest BCUT2D eigenvalue weighted by molar-refractivity contribution is 5.85. The third kappa shape index (κ3) is 4.12. The zero-order valence-corrected chi connectivity index (χ0v) is 11.0. The molecule has 2 unspecified atom stereocenters. The van der Waals surface area contributed by atoms with Gasteiger partial charge in [0.05, 0.1) is 24.6 Å². The highest BCUT2D eigenvalue weighted by Gasteiger charge is 2.35. The molecule has 0 aliphatic carbocycles. The third-order valence-electron chi connectivity index (χ3n) is 2.41. The zero-order valence-electron chi connectivity index (χ0n) is 9.38. The van der Waals surface area contributed by atoms with Gasteiger partial charge in [-0.1, -0.05) is 6.08 Å². The lowest BCUT2D eigenvalue weighted by Crippen LogP contribution is -2.51. The van der Waals surface area contributed by atoms with Crippen molar-refractivity contribution < 1.29 is 9.53 Å². The molecule has 0 amide bonds. The number of nitrogens with zero attached hydrogens (tertiary/aromatic N) is 1. The summed E-state index contributed by atoms with van der Waals surface area (Å²) in [5.41, 5.74) is 5.34. The first kappa shape index (κ1) is 17.8. The normalized spacial score (nSPS) is 23.9. The van der Waals surface area contributed by atoms with Gasteiger partial charge >= 0.3 is 5.97 Å². The molecular weight excluding hydrogens is 251 g/mol. The lowest BCUT2D eigenvalue weighted by Gasteiger charge is -2.30. The van der Waals surface area contributed by atoms with Gasteiger partial charge in [0.2, 0.25) is 0 Å². The molecule has 1 heterocycles. The van der Waals surface area contributed by atoms with Crippen LogP contribution in [0, 0.1) is 5.92 Å². The molecular formula is C10H18Cl2N2O2. The predicted octanol–water partition coefficient (Wildman–Crippen LogP) is 1.37. The maximum absolute atomic E-state index is 11.5. The second kappa shape index (κ2) is 7.65. The molecule has 6 heteroatoms. The van der Waals surface area contributed by atoms with Gasteiger partial charge in [0.25, 0.3) is 0 Å². The van der Waals surface area contributed by atoms with Crippen molar-refractivity contribution >= 4 is 37.0 Å². The molecule has 1 aliphatic heterocycles. The van der Waals surface area contributed by atoms with Crippen LogP contribution in [0.5, 0.6) is 0 Å². The van der Waals surface area contributed by atoms with Gasteiger partial charge in [-0.25, -0.2) is 0 Å². The molecule has 0 aromatic carbocycles. The summed E-state index contributed by atoms with van der Waals surface area (Å²) in [6.07, 6.45) is 5.25. The van der Waals surface area contributed by atoms with Gasteiger partial charge < -0.3 is 10.5 Å².